The molecule has 5 atom stereocenters. The number of hydrogen-bond acceptors (Lipinski definition) is 8. The van der Waals surface area contributed by atoms with Gasteiger partial charge in [-0.05, 0) is 138 Å². The van der Waals surface area contributed by atoms with Gasteiger partial charge >= 0.3 is 12.2 Å². The summed E-state index contributed by atoms with van der Waals surface area (Å²) in [6.45, 7) is 12.8. The van der Waals surface area contributed by atoms with Crippen LogP contribution < -0.4 is 0 Å². The summed E-state index contributed by atoms with van der Waals surface area (Å²) in [4.78, 5) is 77.4. The molecule has 0 radical (unpaired) electrons. The summed E-state index contributed by atoms with van der Waals surface area (Å²) in [5, 5.41) is 0. The molecule has 14 rings (SSSR count). The Balaban J connectivity index is 0.755. The average molecular weight is 1020 g/mol. The zero-order valence-electron chi connectivity index (χ0n) is 44.1. The molecule has 2 aromatic heterocycles. The number of hydrogen-bond donors (Lipinski definition) is 2. The molecular weight excluding hydrogens is 953 g/mol. The van der Waals surface area contributed by atoms with Gasteiger partial charge in [0.25, 0.3) is 0 Å². The van der Waals surface area contributed by atoms with E-state index in [2.05, 4.69) is 108 Å². The lowest BCUT2D eigenvalue weighted by Crippen LogP contribution is -2.48. The first-order valence-corrected chi connectivity index (χ1v) is 27.7. The third kappa shape index (κ3) is 10.3. The average Bonchev–Trinajstić information content (AvgIpc) is 4.32. The van der Waals surface area contributed by atoms with E-state index in [1.165, 1.54) is 50.6 Å². The topological polar surface area (TPSA) is 157 Å². The van der Waals surface area contributed by atoms with E-state index in [0.29, 0.717) is 45.6 Å². The number of aromatic amines is 2. The number of nitrogens with one attached hydrogen (secondary N) is 2. The molecule has 0 saturated carbocycles. The van der Waals surface area contributed by atoms with Crippen LogP contribution in [0.25, 0.3) is 44.8 Å². The maximum absolute atomic E-state index is 14.0. The highest BCUT2D eigenvalue weighted by molar-refractivity contribution is 5.88. The quantitative estimate of drug-likeness (QED) is 0.115. The van der Waals surface area contributed by atoms with Gasteiger partial charge in [0.05, 0.1) is 42.5 Å². The zero-order chi connectivity index (χ0) is 52.5. The number of amides is 4. The Hall–Kier alpha value is -7.48. The summed E-state index contributed by atoms with van der Waals surface area (Å²) < 4.78 is 10.8. The predicted molar refractivity (Wildman–Crippen MR) is 293 cm³/mol. The largest absolute Gasteiger partial charge is 0.449 e. The van der Waals surface area contributed by atoms with E-state index in [-0.39, 0.29) is 42.3 Å². The van der Waals surface area contributed by atoms with Gasteiger partial charge in [-0.1, -0.05) is 118 Å². The van der Waals surface area contributed by atoms with Gasteiger partial charge in [0.15, 0.2) is 0 Å². The lowest BCUT2D eigenvalue weighted by molar-refractivity contribution is -0.137. The number of carbonyl (C=O) groups is 4. The SMILES string of the molecule is C=CCOC(=O)N1CCC[C@H]1C(=O)N1CCC[C@H]1c1ncc(-c2ccc(-c3cc4ccc3CCc3ccc(c(-c5ccc(-c6cnc([C@@H]7CCCN7C(=O)[C@@H]7CCCN7C(=O)OCC(C)C)[nH]6)cc5)c3)C[C@H]4C)cc2)[nH]1. The van der Waals surface area contributed by atoms with Crippen molar-refractivity contribution in [2.45, 2.75) is 121 Å². The first kappa shape index (κ1) is 50.7. The minimum absolute atomic E-state index is 0.0174. The van der Waals surface area contributed by atoms with Gasteiger partial charge in [-0.25, -0.2) is 19.6 Å². The van der Waals surface area contributed by atoms with Crippen molar-refractivity contribution in [3.05, 3.63) is 144 Å². The summed E-state index contributed by atoms with van der Waals surface area (Å²) in [6, 6.07) is 30.2. The molecular formula is C62H70N8O6. The second-order valence-corrected chi connectivity index (χ2v) is 22.0. The number of ether oxygens (including phenoxy) is 2. The summed E-state index contributed by atoms with van der Waals surface area (Å²) >= 11 is 0. The van der Waals surface area contributed by atoms with Crippen molar-refractivity contribution >= 4 is 24.0 Å². The Morgan fingerprint density at radius 1 is 0.618 bits per heavy atom. The number of aromatic nitrogens is 4. The predicted octanol–water partition coefficient (Wildman–Crippen LogP) is 11.6. The molecule has 6 heterocycles. The van der Waals surface area contributed by atoms with E-state index in [4.69, 9.17) is 19.4 Å². The number of H-pyrrole nitrogens is 2. The molecule has 14 heteroatoms. The zero-order valence-corrected chi connectivity index (χ0v) is 44.1. The van der Waals surface area contributed by atoms with Gasteiger partial charge in [-0.15, -0.1) is 0 Å². The van der Waals surface area contributed by atoms with Crippen LogP contribution in [0.2, 0.25) is 0 Å². The van der Waals surface area contributed by atoms with Crippen LogP contribution in [0.1, 0.15) is 124 Å². The monoisotopic (exact) mass is 1020 g/mol. The van der Waals surface area contributed by atoms with E-state index < -0.39 is 24.3 Å². The summed E-state index contributed by atoms with van der Waals surface area (Å²) in [5.74, 6) is 1.99. The molecule has 4 bridgehead atoms. The standard InChI is InChI=1S/C62H70N8O6/c1-5-32-75-61(73)69-30-8-12-55(69)59(71)67-28-6-10-53(67)57-64-37-52(66-57)46-25-20-44(21-26-46)50-35-47-27-22-42(50)16-14-41-15-17-48(33-40(47)4)49(34-41)43-18-23-45(24-19-43)51-36-63-58(65-51)54-11-7-29-68(54)60(72)56-13-9-31-70(56)62(74)76-38-39(2)3/h5,15,17-27,34-37,39-40,53-56H,1,6-14,16,28-33,38H2,2-4H3,(H,63,65)(H,64,66)/t40-,53+,54+,55+,56+/m1/s1. The van der Waals surface area contributed by atoms with E-state index >= 15 is 0 Å². The Bertz CT molecular complexity index is 3110. The van der Waals surface area contributed by atoms with Crippen molar-refractivity contribution in [2.75, 3.05) is 39.4 Å². The molecule has 4 aliphatic heterocycles. The van der Waals surface area contributed by atoms with Crippen molar-refractivity contribution in [2.24, 2.45) is 5.92 Å². The van der Waals surface area contributed by atoms with Gasteiger partial charge < -0.3 is 29.2 Å². The van der Waals surface area contributed by atoms with Gasteiger partial charge in [0, 0.05) is 26.2 Å². The fraction of sp³-hybridized carbons (Fsp3) is 0.419. The summed E-state index contributed by atoms with van der Waals surface area (Å²) in [6.07, 6.45) is 13.3. The first-order chi connectivity index (χ1) is 37.0. The molecule has 2 N–H and O–H groups in total. The molecule has 8 aliphatic rings. The highest BCUT2D eigenvalue weighted by Gasteiger charge is 2.43. The molecule has 6 aromatic rings. The second kappa shape index (κ2) is 22.0. The number of likely N-dealkylation sites (tertiary alicyclic amines) is 4. The van der Waals surface area contributed by atoms with Crippen molar-refractivity contribution in [1.82, 2.24) is 39.5 Å². The Labute approximate surface area is 445 Å². The molecule has 4 aliphatic carbocycles. The fourth-order valence-corrected chi connectivity index (χ4v) is 12.3. The van der Waals surface area contributed by atoms with Crippen LogP contribution in [-0.4, -0.2) is 115 Å². The second-order valence-electron chi connectivity index (χ2n) is 22.0. The first-order valence-electron chi connectivity index (χ1n) is 27.7. The molecule has 4 saturated heterocycles. The smallest absolute Gasteiger partial charge is 0.410 e. The highest BCUT2D eigenvalue weighted by Crippen LogP contribution is 2.39. The van der Waals surface area contributed by atoms with Gasteiger partial charge in [-0.3, -0.25) is 19.4 Å². The summed E-state index contributed by atoms with van der Waals surface area (Å²) in [7, 11) is 0. The number of aryl methyl sites for hydroxylation is 2. The van der Waals surface area contributed by atoms with E-state index in [9.17, 15) is 19.2 Å². The molecule has 4 fully saturated rings. The molecule has 0 spiro atoms. The molecule has 4 aromatic carbocycles. The third-order valence-electron chi connectivity index (χ3n) is 16.4. The Morgan fingerprint density at radius 3 is 1.67 bits per heavy atom. The van der Waals surface area contributed by atoms with Crippen LogP contribution in [0.3, 0.4) is 0 Å². The number of rotatable bonds is 12. The minimum atomic E-state index is -0.524. The van der Waals surface area contributed by atoms with E-state index in [1.54, 1.807) is 9.80 Å². The van der Waals surface area contributed by atoms with Crippen LogP contribution >= 0.6 is 0 Å². The molecule has 4 amide bonds. The number of benzene rings is 4. The van der Waals surface area contributed by atoms with Gasteiger partial charge in [0.2, 0.25) is 11.8 Å². The van der Waals surface area contributed by atoms with Crippen LogP contribution in [0, 0.1) is 5.92 Å². The highest BCUT2D eigenvalue weighted by atomic mass is 16.6. The van der Waals surface area contributed by atoms with E-state index in [0.717, 1.165) is 92.0 Å². The Kier molecular flexibility index (Phi) is 14.7. The van der Waals surface area contributed by atoms with Crippen LogP contribution in [0.5, 0.6) is 0 Å². The number of nitrogens with zero attached hydrogens (tertiary/aromatic N) is 6. The molecule has 14 nitrogen and oxygen atoms in total. The molecule has 394 valence electrons. The number of imidazole rings is 2. The van der Waals surface area contributed by atoms with E-state index in [1.807, 2.05) is 36.0 Å². The molecule has 0 unspecified atom stereocenters. The summed E-state index contributed by atoms with van der Waals surface area (Å²) in [5.41, 5.74) is 14.0. The van der Waals surface area contributed by atoms with Gasteiger partial charge in [0.1, 0.15) is 30.3 Å². The number of carbonyl (C=O) groups excluding carboxylic acids is 4. The lowest BCUT2D eigenvalue weighted by Gasteiger charge is -2.30. The molecule has 76 heavy (non-hydrogen) atoms. The van der Waals surface area contributed by atoms with Crippen molar-refractivity contribution in [3.8, 4) is 44.8 Å². The maximum Gasteiger partial charge on any atom is 0.410 e. The Morgan fingerprint density at radius 2 is 1.12 bits per heavy atom. The normalized spacial score (nSPS) is 21.3. The van der Waals surface area contributed by atoms with Crippen molar-refractivity contribution in [1.29, 1.82) is 0 Å². The van der Waals surface area contributed by atoms with Gasteiger partial charge in [-0.2, -0.15) is 0 Å². The minimum Gasteiger partial charge on any atom is -0.449 e. The van der Waals surface area contributed by atoms with Crippen LogP contribution in [0.4, 0.5) is 9.59 Å². The van der Waals surface area contributed by atoms with Crippen LogP contribution in [-0.2, 0) is 38.3 Å². The maximum atomic E-state index is 14.0. The third-order valence-corrected chi connectivity index (χ3v) is 16.4. The van der Waals surface area contributed by atoms with Crippen molar-refractivity contribution < 1.29 is 28.7 Å². The van der Waals surface area contributed by atoms with Crippen molar-refractivity contribution in [3.63, 3.8) is 0 Å². The fourth-order valence-electron chi connectivity index (χ4n) is 12.3. The lowest BCUT2D eigenvalue weighted by atomic mass is 9.84. The van der Waals surface area contributed by atoms with Crippen LogP contribution in [0.15, 0.2) is 110 Å².